The van der Waals surface area contributed by atoms with Gasteiger partial charge in [0.25, 0.3) is 0 Å². The molecule has 1 N–H and O–H groups in total. The number of hydrogen-bond donors (Lipinski definition) is 1. The quantitative estimate of drug-likeness (QED) is 0.684. The summed E-state index contributed by atoms with van der Waals surface area (Å²) in [5.74, 6) is 0. The fourth-order valence-corrected chi connectivity index (χ4v) is 1.02. The molecule has 3 heteroatoms. The van der Waals surface area contributed by atoms with E-state index in [0.717, 1.165) is 12.0 Å². The second-order valence-electron chi connectivity index (χ2n) is 3.01. The first-order chi connectivity index (χ1) is 5.88. The minimum absolute atomic E-state index is 0.483. The lowest BCUT2D eigenvalue weighted by Gasteiger charge is -2.02. The first kappa shape index (κ1) is 7.28. The monoisotopic (exact) mass is 162 g/mol. The third-order valence-electron chi connectivity index (χ3n) is 1.86. The average molecular weight is 162 g/mol. The Kier molecular flexibility index (Phi) is 1.78. The molecule has 0 aromatic carbocycles. The predicted octanol–water partition coefficient (Wildman–Crippen LogP) is 1.47. The van der Waals surface area contributed by atoms with Crippen LogP contribution in [0.1, 0.15) is 23.3 Å². The zero-order chi connectivity index (χ0) is 8.39. The molecular formula is C9H10N2O. The van der Waals surface area contributed by atoms with Crippen molar-refractivity contribution in [2.24, 2.45) is 0 Å². The lowest BCUT2D eigenvalue weighted by molar-refractivity contribution is 0.111. The molecule has 0 radical (unpaired) electrons. The summed E-state index contributed by atoms with van der Waals surface area (Å²) in [5.41, 5.74) is 1.49. The molecule has 2 rings (SSSR count). The normalized spacial score (nSPS) is 15.7. The Morgan fingerprint density at radius 2 is 2.33 bits per heavy atom. The summed E-state index contributed by atoms with van der Waals surface area (Å²) in [6.07, 6.45) is 4.94. The third kappa shape index (κ3) is 1.61. The fraction of sp³-hybridized carbons (Fsp3) is 0.333. The van der Waals surface area contributed by atoms with Gasteiger partial charge >= 0.3 is 0 Å². The maximum atomic E-state index is 10.3. The molecule has 12 heavy (non-hydrogen) atoms. The van der Waals surface area contributed by atoms with Crippen LogP contribution in [-0.2, 0) is 0 Å². The Morgan fingerprint density at radius 3 is 2.83 bits per heavy atom. The van der Waals surface area contributed by atoms with Crippen molar-refractivity contribution in [1.82, 2.24) is 4.98 Å². The largest absolute Gasteiger partial charge is 0.381 e. The van der Waals surface area contributed by atoms with E-state index in [1.807, 2.05) is 6.07 Å². The number of anilines is 1. The molecule has 1 aliphatic rings. The van der Waals surface area contributed by atoms with Crippen molar-refractivity contribution in [3.63, 3.8) is 0 Å². The number of carbonyl (C=O) groups is 1. The third-order valence-corrected chi connectivity index (χ3v) is 1.86. The van der Waals surface area contributed by atoms with E-state index < -0.39 is 0 Å². The Balaban J connectivity index is 2.07. The summed E-state index contributed by atoms with van der Waals surface area (Å²) in [6, 6.07) is 4.24. The number of hydrogen-bond acceptors (Lipinski definition) is 3. The highest BCUT2D eigenvalue weighted by Gasteiger charge is 2.20. The van der Waals surface area contributed by atoms with E-state index in [2.05, 4.69) is 10.3 Å². The summed E-state index contributed by atoms with van der Waals surface area (Å²) in [7, 11) is 0. The summed E-state index contributed by atoms with van der Waals surface area (Å²) in [4.78, 5) is 14.2. The van der Waals surface area contributed by atoms with Crippen molar-refractivity contribution in [2.75, 3.05) is 5.32 Å². The molecule has 1 heterocycles. The summed E-state index contributed by atoms with van der Waals surface area (Å²) >= 11 is 0. The molecule has 0 unspecified atom stereocenters. The number of nitrogens with zero attached hydrogens (tertiary/aromatic N) is 1. The van der Waals surface area contributed by atoms with Gasteiger partial charge in [0.05, 0.1) is 11.9 Å². The summed E-state index contributed by atoms with van der Waals surface area (Å²) in [6.45, 7) is 0. The van der Waals surface area contributed by atoms with Crippen molar-refractivity contribution in [3.8, 4) is 0 Å². The lowest BCUT2D eigenvalue weighted by atomic mass is 10.3. The summed E-state index contributed by atoms with van der Waals surface area (Å²) < 4.78 is 0. The van der Waals surface area contributed by atoms with Crippen molar-refractivity contribution >= 4 is 12.0 Å². The molecule has 62 valence electrons. The van der Waals surface area contributed by atoms with Crippen LogP contribution in [0.4, 0.5) is 5.69 Å². The molecule has 0 saturated heterocycles. The van der Waals surface area contributed by atoms with Crippen LogP contribution in [0.15, 0.2) is 18.3 Å². The van der Waals surface area contributed by atoms with Gasteiger partial charge in [-0.3, -0.25) is 9.78 Å². The number of aromatic nitrogens is 1. The first-order valence-electron chi connectivity index (χ1n) is 4.06. The van der Waals surface area contributed by atoms with E-state index in [-0.39, 0.29) is 0 Å². The van der Waals surface area contributed by atoms with Gasteiger partial charge in [-0.1, -0.05) is 0 Å². The van der Waals surface area contributed by atoms with Crippen LogP contribution in [0.3, 0.4) is 0 Å². The SMILES string of the molecule is O=Cc1ccc(NC2CC2)cn1. The lowest BCUT2D eigenvalue weighted by Crippen LogP contribution is -2.01. The molecule has 1 aromatic rings. The Bertz CT molecular complexity index is 277. The molecule has 0 aliphatic heterocycles. The molecule has 3 nitrogen and oxygen atoms in total. The van der Waals surface area contributed by atoms with Gasteiger partial charge in [0, 0.05) is 6.04 Å². The van der Waals surface area contributed by atoms with Crippen LogP contribution in [0, 0.1) is 0 Å². The molecular weight excluding hydrogens is 152 g/mol. The molecule has 1 aromatic heterocycles. The van der Waals surface area contributed by atoms with E-state index in [4.69, 9.17) is 0 Å². The van der Waals surface area contributed by atoms with E-state index in [1.165, 1.54) is 12.8 Å². The van der Waals surface area contributed by atoms with Crippen molar-refractivity contribution < 1.29 is 4.79 Å². The van der Waals surface area contributed by atoms with Gasteiger partial charge in [0.1, 0.15) is 5.69 Å². The molecule has 1 aliphatic carbocycles. The van der Waals surface area contributed by atoms with Gasteiger partial charge < -0.3 is 5.32 Å². The average Bonchev–Trinajstić information content (AvgIpc) is 2.90. The number of carbonyl (C=O) groups excluding carboxylic acids is 1. The maximum absolute atomic E-state index is 10.3. The van der Waals surface area contributed by atoms with Gasteiger partial charge in [0.2, 0.25) is 0 Å². The summed E-state index contributed by atoms with van der Waals surface area (Å²) in [5, 5.41) is 3.29. The van der Waals surface area contributed by atoms with Crippen LogP contribution in [0.25, 0.3) is 0 Å². The molecule has 0 spiro atoms. The van der Waals surface area contributed by atoms with E-state index in [1.54, 1.807) is 12.3 Å². The van der Waals surface area contributed by atoms with Crippen molar-refractivity contribution in [3.05, 3.63) is 24.0 Å². The van der Waals surface area contributed by atoms with Crippen molar-refractivity contribution in [1.29, 1.82) is 0 Å². The highest BCUT2D eigenvalue weighted by Crippen LogP contribution is 2.23. The zero-order valence-corrected chi connectivity index (χ0v) is 6.66. The van der Waals surface area contributed by atoms with Gasteiger partial charge in [-0.25, -0.2) is 0 Å². The van der Waals surface area contributed by atoms with E-state index in [9.17, 15) is 4.79 Å². The van der Waals surface area contributed by atoms with Crippen LogP contribution in [0.2, 0.25) is 0 Å². The van der Waals surface area contributed by atoms with Gasteiger partial charge in [-0.15, -0.1) is 0 Å². The number of aldehydes is 1. The second-order valence-corrected chi connectivity index (χ2v) is 3.01. The number of rotatable bonds is 3. The molecule has 1 saturated carbocycles. The first-order valence-corrected chi connectivity index (χ1v) is 4.06. The number of pyridine rings is 1. The Hall–Kier alpha value is -1.38. The van der Waals surface area contributed by atoms with Crippen molar-refractivity contribution in [2.45, 2.75) is 18.9 Å². The number of nitrogens with one attached hydrogen (secondary N) is 1. The minimum Gasteiger partial charge on any atom is -0.381 e. The Labute approximate surface area is 70.8 Å². The van der Waals surface area contributed by atoms with Gasteiger partial charge in [-0.05, 0) is 25.0 Å². The highest BCUT2D eigenvalue weighted by atomic mass is 16.1. The molecule has 0 atom stereocenters. The fourth-order valence-electron chi connectivity index (χ4n) is 1.02. The molecule has 1 fully saturated rings. The molecule has 0 bridgehead atoms. The van der Waals surface area contributed by atoms with Crippen LogP contribution >= 0.6 is 0 Å². The topological polar surface area (TPSA) is 42.0 Å². The van der Waals surface area contributed by atoms with Gasteiger partial charge in [-0.2, -0.15) is 0 Å². The Morgan fingerprint density at radius 1 is 1.50 bits per heavy atom. The maximum Gasteiger partial charge on any atom is 0.168 e. The molecule has 0 amide bonds. The van der Waals surface area contributed by atoms with Crippen LogP contribution in [0.5, 0.6) is 0 Å². The van der Waals surface area contributed by atoms with Crippen LogP contribution < -0.4 is 5.32 Å². The zero-order valence-electron chi connectivity index (χ0n) is 6.66. The van der Waals surface area contributed by atoms with E-state index >= 15 is 0 Å². The second kappa shape index (κ2) is 2.93. The van der Waals surface area contributed by atoms with Gasteiger partial charge in [0.15, 0.2) is 6.29 Å². The highest BCUT2D eigenvalue weighted by molar-refractivity contribution is 5.72. The standard InChI is InChI=1S/C9H10N2O/c12-6-9-4-3-8(5-10-9)11-7-1-2-7/h3-7,11H,1-2H2. The predicted molar refractivity (Wildman–Crippen MR) is 46.3 cm³/mol. The minimum atomic E-state index is 0.483. The van der Waals surface area contributed by atoms with Crippen LogP contribution in [-0.4, -0.2) is 17.3 Å². The smallest absolute Gasteiger partial charge is 0.168 e. The van der Waals surface area contributed by atoms with E-state index in [0.29, 0.717) is 11.7 Å².